The van der Waals surface area contributed by atoms with Gasteiger partial charge in [-0.15, -0.1) is 0 Å². The van der Waals surface area contributed by atoms with Gasteiger partial charge in [0.05, 0.1) is 4.47 Å². The van der Waals surface area contributed by atoms with Crippen molar-refractivity contribution in [3.8, 4) is 0 Å². The van der Waals surface area contributed by atoms with E-state index in [9.17, 15) is 0 Å². The Morgan fingerprint density at radius 1 is 1.33 bits per heavy atom. The second-order valence-electron chi connectivity index (χ2n) is 3.70. The second kappa shape index (κ2) is 5.25. The normalized spacial score (nSPS) is 21.7. The van der Waals surface area contributed by atoms with E-state index in [4.69, 9.17) is 0 Å². The minimum Gasteiger partial charge on any atom is -0.337 e. The molecule has 1 fully saturated rings. The van der Waals surface area contributed by atoms with Crippen LogP contribution in [-0.4, -0.2) is 27.9 Å². The van der Waals surface area contributed by atoms with E-state index < -0.39 is 0 Å². The Bertz CT molecular complexity index is 315. The first-order valence-electron chi connectivity index (χ1n) is 5.11. The molecular weight excluding hydrogens is 322 g/mol. The quantitative estimate of drug-likeness (QED) is 0.778. The summed E-state index contributed by atoms with van der Waals surface area (Å²) in [6.45, 7) is 1.07. The van der Waals surface area contributed by atoms with Crippen LogP contribution in [0.5, 0.6) is 0 Å². The summed E-state index contributed by atoms with van der Waals surface area (Å²) in [4.78, 5) is 11.0. The van der Waals surface area contributed by atoms with Crippen molar-refractivity contribution in [3.05, 3.63) is 16.9 Å². The van der Waals surface area contributed by atoms with Gasteiger partial charge < -0.3 is 4.90 Å². The minimum absolute atomic E-state index is 0.542. The molecule has 0 spiro atoms. The molecule has 15 heavy (non-hydrogen) atoms. The monoisotopic (exact) mass is 333 g/mol. The van der Waals surface area contributed by atoms with E-state index in [2.05, 4.69) is 46.7 Å². The van der Waals surface area contributed by atoms with Gasteiger partial charge in [-0.05, 0) is 35.2 Å². The number of piperidine rings is 1. The summed E-state index contributed by atoms with van der Waals surface area (Å²) in [5, 5.41) is 0.992. The van der Waals surface area contributed by atoms with E-state index in [0.29, 0.717) is 6.04 Å². The molecule has 1 atom stereocenters. The highest BCUT2D eigenvalue weighted by Crippen LogP contribution is 2.23. The molecule has 0 amide bonds. The van der Waals surface area contributed by atoms with Gasteiger partial charge in [-0.25, -0.2) is 9.97 Å². The number of hydrogen-bond donors (Lipinski definition) is 0. The maximum absolute atomic E-state index is 4.35. The molecule has 0 aliphatic carbocycles. The second-order valence-corrected chi connectivity index (χ2v) is 5.26. The lowest BCUT2D eigenvalue weighted by atomic mass is 10.0. The number of aromatic nitrogens is 2. The van der Waals surface area contributed by atoms with Gasteiger partial charge in [0.15, 0.2) is 0 Å². The van der Waals surface area contributed by atoms with Crippen molar-refractivity contribution < 1.29 is 0 Å². The number of alkyl halides is 1. The van der Waals surface area contributed by atoms with Crippen molar-refractivity contribution in [2.75, 3.05) is 16.8 Å². The Hall–Kier alpha value is -0.160. The van der Waals surface area contributed by atoms with Gasteiger partial charge in [-0.2, -0.15) is 0 Å². The van der Waals surface area contributed by atoms with Crippen LogP contribution in [0.2, 0.25) is 0 Å². The van der Waals surface area contributed by atoms with Crippen LogP contribution in [0.4, 0.5) is 5.95 Å². The third-order valence-corrected chi connectivity index (χ3v) is 3.83. The topological polar surface area (TPSA) is 29.0 Å². The molecule has 2 heterocycles. The van der Waals surface area contributed by atoms with Crippen molar-refractivity contribution in [2.45, 2.75) is 25.3 Å². The summed E-state index contributed by atoms with van der Waals surface area (Å²) in [7, 11) is 0. The molecule has 1 saturated heterocycles. The summed E-state index contributed by atoms with van der Waals surface area (Å²) < 4.78 is 0.929. The number of hydrogen-bond acceptors (Lipinski definition) is 3. The summed E-state index contributed by atoms with van der Waals surface area (Å²) in [5.74, 6) is 0.849. The van der Waals surface area contributed by atoms with Gasteiger partial charge in [-0.3, -0.25) is 0 Å². The van der Waals surface area contributed by atoms with Gasteiger partial charge >= 0.3 is 0 Å². The maximum atomic E-state index is 4.35. The zero-order valence-electron chi connectivity index (χ0n) is 8.37. The molecule has 82 valence electrons. The average molecular weight is 335 g/mol. The van der Waals surface area contributed by atoms with Crippen molar-refractivity contribution >= 4 is 37.8 Å². The molecule has 1 unspecified atom stereocenters. The molecule has 1 aromatic rings. The summed E-state index contributed by atoms with van der Waals surface area (Å²) in [6.07, 6.45) is 7.39. The molecular formula is C10H13Br2N3. The third-order valence-electron chi connectivity index (χ3n) is 2.67. The fourth-order valence-corrected chi connectivity index (χ4v) is 2.76. The maximum Gasteiger partial charge on any atom is 0.225 e. The van der Waals surface area contributed by atoms with E-state index in [-0.39, 0.29) is 0 Å². The Kier molecular flexibility index (Phi) is 3.97. The fraction of sp³-hybridized carbons (Fsp3) is 0.600. The Balaban J connectivity index is 2.16. The zero-order valence-corrected chi connectivity index (χ0v) is 11.5. The lowest BCUT2D eigenvalue weighted by molar-refractivity contribution is 0.483. The van der Waals surface area contributed by atoms with Crippen molar-refractivity contribution in [2.24, 2.45) is 0 Å². The van der Waals surface area contributed by atoms with Crippen LogP contribution in [-0.2, 0) is 0 Å². The van der Waals surface area contributed by atoms with E-state index in [1.807, 2.05) is 12.4 Å². The van der Waals surface area contributed by atoms with Gasteiger partial charge in [0.25, 0.3) is 0 Å². The minimum atomic E-state index is 0.542. The van der Waals surface area contributed by atoms with Crippen LogP contribution in [0.3, 0.4) is 0 Å². The predicted molar refractivity (Wildman–Crippen MR) is 68.5 cm³/mol. The van der Waals surface area contributed by atoms with E-state index >= 15 is 0 Å². The number of rotatable bonds is 2. The van der Waals surface area contributed by atoms with Gasteiger partial charge in [0.1, 0.15) is 0 Å². The van der Waals surface area contributed by atoms with Gasteiger partial charge in [0.2, 0.25) is 5.95 Å². The van der Waals surface area contributed by atoms with E-state index in [1.165, 1.54) is 19.3 Å². The van der Waals surface area contributed by atoms with Crippen LogP contribution in [0.25, 0.3) is 0 Å². The van der Waals surface area contributed by atoms with Crippen LogP contribution in [0.1, 0.15) is 19.3 Å². The van der Waals surface area contributed by atoms with Crippen molar-refractivity contribution in [1.82, 2.24) is 9.97 Å². The smallest absolute Gasteiger partial charge is 0.225 e. The zero-order chi connectivity index (χ0) is 10.7. The molecule has 2 rings (SSSR count). The molecule has 0 radical (unpaired) electrons. The molecule has 1 aliphatic heterocycles. The number of anilines is 1. The molecule has 0 bridgehead atoms. The first-order chi connectivity index (χ1) is 7.31. The number of halogens is 2. The van der Waals surface area contributed by atoms with Crippen LogP contribution in [0.15, 0.2) is 16.9 Å². The highest BCUT2D eigenvalue weighted by Gasteiger charge is 2.23. The molecule has 1 aliphatic rings. The Labute approximate surface area is 107 Å². The lowest BCUT2D eigenvalue weighted by Gasteiger charge is -2.34. The van der Waals surface area contributed by atoms with Crippen molar-refractivity contribution in [3.63, 3.8) is 0 Å². The molecule has 0 N–H and O–H groups in total. The molecule has 0 aromatic carbocycles. The molecule has 5 heteroatoms. The molecule has 0 saturated carbocycles. The Morgan fingerprint density at radius 3 is 2.73 bits per heavy atom. The van der Waals surface area contributed by atoms with Gasteiger partial charge in [0, 0.05) is 30.3 Å². The highest BCUT2D eigenvalue weighted by molar-refractivity contribution is 9.10. The lowest BCUT2D eigenvalue weighted by Crippen LogP contribution is -2.41. The van der Waals surface area contributed by atoms with E-state index in [0.717, 1.165) is 22.3 Å². The summed E-state index contributed by atoms with van der Waals surface area (Å²) in [6, 6.07) is 0.542. The first-order valence-corrected chi connectivity index (χ1v) is 7.03. The number of nitrogens with zero attached hydrogens (tertiary/aromatic N) is 3. The first kappa shape index (κ1) is 11.3. The summed E-state index contributed by atoms with van der Waals surface area (Å²) in [5.41, 5.74) is 0. The molecule has 3 nitrogen and oxygen atoms in total. The van der Waals surface area contributed by atoms with Gasteiger partial charge in [-0.1, -0.05) is 15.9 Å². The largest absolute Gasteiger partial charge is 0.337 e. The van der Waals surface area contributed by atoms with E-state index in [1.54, 1.807) is 0 Å². The van der Waals surface area contributed by atoms with Crippen LogP contribution in [0, 0.1) is 0 Å². The SMILES string of the molecule is BrCC1CCCCN1c1ncc(Br)cn1. The van der Waals surface area contributed by atoms with Crippen LogP contribution >= 0.6 is 31.9 Å². The Morgan fingerprint density at radius 2 is 2.07 bits per heavy atom. The standard InChI is InChI=1S/C10H13Br2N3/c11-5-9-3-1-2-4-15(9)10-13-6-8(12)7-14-10/h6-7,9H,1-5H2. The predicted octanol–water partition coefficient (Wildman–Crippen LogP) is 2.99. The molecule has 1 aromatic heterocycles. The average Bonchev–Trinajstić information content (AvgIpc) is 2.30. The van der Waals surface area contributed by atoms with Crippen molar-refractivity contribution in [1.29, 1.82) is 0 Å². The summed E-state index contributed by atoms with van der Waals surface area (Å²) >= 11 is 6.91. The van der Waals surface area contributed by atoms with Crippen LogP contribution < -0.4 is 4.90 Å². The third kappa shape index (κ3) is 2.69. The fourth-order valence-electron chi connectivity index (χ4n) is 1.88. The highest BCUT2D eigenvalue weighted by atomic mass is 79.9.